The molecule has 0 aliphatic heterocycles. The highest BCUT2D eigenvalue weighted by Gasteiger charge is 2.24. The molecule has 0 bridgehead atoms. The Balaban J connectivity index is 4.09. The summed E-state index contributed by atoms with van der Waals surface area (Å²) in [6, 6.07) is 0. The van der Waals surface area contributed by atoms with E-state index in [1.807, 2.05) is 6.92 Å². The zero-order valence-corrected chi connectivity index (χ0v) is 9.54. The first kappa shape index (κ1) is 13.9. The SMILES string of the molecule is CC(CN)CC(=O)NC(C)(C)CC(=O)O. The normalized spacial score (nSPS) is 13.3. The number of carbonyl (C=O) groups is 2. The maximum Gasteiger partial charge on any atom is 0.305 e. The van der Waals surface area contributed by atoms with E-state index < -0.39 is 11.5 Å². The molecule has 0 aliphatic rings. The van der Waals surface area contributed by atoms with Gasteiger partial charge in [0.05, 0.1) is 6.42 Å². The van der Waals surface area contributed by atoms with Crippen LogP contribution in [0.25, 0.3) is 0 Å². The van der Waals surface area contributed by atoms with Crippen LogP contribution in [0.15, 0.2) is 0 Å². The second-order valence-electron chi connectivity index (χ2n) is 4.55. The molecule has 0 aromatic rings. The van der Waals surface area contributed by atoms with E-state index in [0.717, 1.165) is 0 Å². The predicted molar refractivity (Wildman–Crippen MR) is 57.3 cm³/mol. The zero-order valence-electron chi connectivity index (χ0n) is 9.54. The van der Waals surface area contributed by atoms with Gasteiger partial charge >= 0.3 is 5.97 Å². The topological polar surface area (TPSA) is 92.4 Å². The summed E-state index contributed by atoms with van der Waals surface area (Å²) >= 11 is 0. The number of carboxylic acid groups (broad SMARTS) is 1. The molecule has 0 saturated heterocycles. The molecule has 0 spiro atoms. The van der Waals surface area contributed by atoms with E-state index in [1.165, 1.54) is 0 Å². The molecule has 0 fully saturated rings. The molecular formula is C10H20N2O3. The van der Waals surface area contributed by atoms with Gasteiger partial charge in [-0.2, -0.15) is 0 Å². The van der Waals surface area contributed by atoms with Crippen LogP contribution >= 0.6 is 0 Å². The molecular weight excluding hydrogens is 196 g/mol. The minimum absolute atomic E-state index is 0.0876. The van der Waals surface area contributed by atoms with Gasteiger partial charge in [-0.25, -0.2) is 0 Å². The molecule has 1 atom stereocenters. The number of nitrogens with two attached hydrogens (primary N) is 1. The molecule has 5 nitrogen and oxygen atoms in total. The third-order valence-electron chi connectivity index (χ3n) is 2.01. The van der Waals surface area contributed by atoms with E-state index in [2.05, 4.69) is 5.32 Å². The van der Waals surface area contributed by atoms with Crippen molar-refractivity contribution in [3.05, 3.63) is 0 Å². The summed E-state index contributed by atoms with van der Waals surface area (Å²) in [5.74, 6) is -0.961. The summed E-state index contributed by atoms with van der Waals surface area (Å²) < 4.78 is 0. The number of amides is 1. The van der Waals surface area contributed by atoms with Gasteiger partial charge < -0.3 is 16.2 Å². The van der Waals surface area contributed by atoms with Crippen LogP contribution in [-0.4, -0.2) is 29.1 Å². The minimum atomic E-state index is -0.924. The second kappa shape index (κ2) is 5.70. The van der Waals surface area contributed by atoms with Crippen molar-refractivity contribution in [3.63, 3.8) is 0 Å². The number of carbonyl (C=O) groups excluding carboxylic acids is 1. The van der Waals surface area contributed by atoms with Crippen LogP contribution in [0.4, 0.5) is 0 Å². The molecule has 88 valence electrons. The number of rotatable bonds is 6. The molecule has 0 aromatic heterocycles. The van der Waals surface area contributed by atoms with Gasteiger partial charge in [0, 0.05) is 12.0 Å². The Kier molecular flexibility index (Phi) is 5.28. The smallest absolute Gasteiger partial charge is 0.305 e. The van der Waals surface area contributed by atoms with Crippen LogP contribution in [0.5, 0.6) is 0 Å². The van der Waals surface area contributed by atoms with Crippen molar-refractivity contribution in [1.29, 1.82) is 0 Å². The zero-order chi connectivity index (χ0) is 12.1. The number of hydrogen-bond donors (Lipinski definition) is 3. The molecule has 5 heteroatoms. The summed E-state index contributed by atoms with van der Waals surface area (Å²) in [5.41, 5.74) is 4.68. The van der Waals surface area contributed by atoms with Crippen LogP contribution in [-0.2, 0) is 9.59 Å². The van der Waals surface area contributed by atoms with Gasteiger partial charge in [0.2, 0.25) is 5.91 Å². The standard InChI is InChI=1S/C10H20N2O3/c1-7(6-11)4-8(13)12-10(2,3)5-9(14)15/h7H,4-6,11H2,1-3H3,(H,12,13)(H,14,15). The van der Waals surface area contributed by atoms with Gasteiger partial charge in [0.15, 0.2) is 0 Å². The molecule has 0 heterocycles. The fraction of sp³-hybridized carbons (Fsp3) is 0.800. The molecule has 4 N–H and O–H groups in total. The summed E-state index contributed by atoms with van der Waals surface area (Å²) in [6.07, 6.45) is 0.245. The molecule has 0 saturated carbocycles. The number of hydrogen-bond acceptors (Lipinski definition) is 3. The highest BCUT2D eigenvalue weighted by molar-refractivity contribution is 5.78. The lowest BCUT2D eigenvalue weighted by Crippen LogP contribution is -2.45. The number of aliphatic carboxylic acids is 1. The average molecular weight is 216 g/mol. The minimum Gasteiger partial charge on any atom is -0.481 e. The lowest BCUT2D eigenvalue weighted by Gasteiger charge is -2.24. The molecule has 0 rings (SSSR count). The summed E-state index contributed by atoms with van der Waals surface area (Å²) in [4.78, 5) is 22.0. The van der Waals surface area contributed by atoms with Crippen molar-refractivity contribution < 1.29 is 14.7 Å². The van der Waals surface area contributed by atoms with Crippen LogP contribution in [0, 0.1) is 5.92 Å². The van der Waals surface area contributed by atoms with Crippen molar-refractivity contribution >= 4 is 11.9 Å². The highest BCUT2D eigenvalue weighted by atomic mass is 16.4. The Bertz CT molecular complexity index is 239. The molecule has 1 amide bonds. The van der Waals surface area contributed by atoms with Crippen molar-refractivity contribution in [2.75, 3.05) is 6.54 Å². The van der Waals surface area contributed by atoms with Gasteiger partial charge in [0.1, 0.15) is 0 Å². The predicted octanol–water partition coefficient (Wildman–Crippen LogP) is 0.341. The van der Waals surface area contributed by atoms with E-state index >= 15 is 0 Å². The van der Waals surface area contributed by atoms with Gasteiger partial charge in [-0.05, 0) is 26.3 Å². The maximum atomic E-state index is 11.4. The van der Waals surface area contributed by atoms with Crippen molar-refractivity contribution in [3.8, 4) is 0 Å². The van der Waals surface area contributed by atoms with Crippen molar-refractivity contribution in [2.45, 2.75) is 39.2 Å². The third-order valence-corrected chi connectivity index (χ3v) is 2.01. The number of nitrogens with one attached hydrogen (secondary N) is 1. The molecule has 0 radical (unpaired) electrons. The quantitative estimate of drug-likeness (QED) is 0.597. The summed E-state index contributed by atoms with van der Waals surface area (Å²) in [5, 5.41) is 11.3. The Morgan fingerprint density at radius 1 is 1.47 bits per heavy atom. The summed E-state index contributed by atoms with van der Waals surface area (Å²) in [6.45, 7) is 5.70. The van der Waals surface area contributed by atoms with E-state index in [9.17, 15) is 9.59 Å². The lowest BCUT2D eigenvalue weighted by molar-refractivity contribution is -0.138. The molecule has 0 aromatic carbocycles. The van der Waals surface area contributed by atoms with E-state index in [-0.39, 0.29) is 18.2 Å². The van der Waals surface area contributed by atoms with Crippen LogP contribution < -0.4 is 11.1 Å². The average Bonchev–Trinajstić information content (AvgIpc) is 1.99. The molecule has 1 unspecified atom stereocenters. The number of carboxylic acids is 1. The van der Waals surface area contributed by atoms with E-state index in [4.69, 9.17) is 10.8 Å². The molecule has 15 heavy (non-hydrogen) atoms. The monoisotopic (exact) mass is 216 g/mol. The first-order chi connectivity index (χ1) is 6.76. The molecule has 0 aliphatic carbocycles. The van der Waals surface area contributed by atoms with E-state index in [0.29, 0.717) is 13.0 Å². The van der Waals surface area contributed by atoms with Gasteiger partial charge in [-0.3, -0.25) is 9.59 Å². The first-order valence-electron chi connectivity index (χ1n) is 4.99. The van der Waals surface area contributed by atoms with Crippen molar-refractivity contribution in [2.24, 2.45) is 11.7 Å². The fourth-order valence-corrected chi connectivity index (χ4v) is 1.25. The van der Waals surface area contributed by atoms with Gasteiger partial charge in [-0.1, -0.05) is 6.92 Å². The third kappa shape index (κ3) is 6.90. The van der Waals surface area contributed by atoms with Gasteiger partial charge in [0.25, 0.3) is 0 Å². The Hall–Kier alpha value is -1.10. The Labute approximate surface area is 90.0 Å². The Morgan fingerprint density at radius 3 is 2.40 bits per heavy atom. The van der Waals surface area contributed by atoms with Crippen LogP contribution in [0.1, 0.15) is 33.6 Å². The van der Waals surface area contributed by atoms with E-state index in [1.54, 1.807) is 13.8 Å². The van der Waals surface area contributed by atoms with Crippen LogP contribution in [0.3, 0.4) is 0 Å². The maximum absolute atomic E-state index is 11.4. The van der Waals surface area contributed by atoms with Gasteiger partial charge in [-0.15, -0.1) is 0 Å². The summed E-state index contributed by atoms with van der Waals surface area (Å²) in [7, 11) is 0. The largest absolute Gasteiger partial charge is 0.481 e. The lowest BCUT2D eigenvalue weighted by atomic mass is 9.99. The van der Waals surface area contributed by atoms with Crippen LogP contribution in [0.2, 0.25) is 0 Å². The highest BCUT2D eigenvalue weighted by Crippen LogP contribution is 2.09. The first-order valence-corrected chi connectivity index (χ1v) is 4.99. The Morgan fingerprint density at radius 2 is 2.00 bits per heavy atom. The second-order valence-corrected chi connectivity index (χ2v) is 4.55. The van der Waals surface area contributed by atoms with Crippen molar-refractivity contribution in [1.82, 2.24) is 5.32 Å². The fourth-order valence-electron chi connectivity index (χ4n) is 1.25.